The molecule has 2 atom stereocenters. The van der Waals surface area contributed by atoms with Crippen molar-refractivity contribution in [1.82, 2.24) is 10.3 Å². The lowest BCUT2D eigenvalue weighted by molar-refractivity contribution is 0.0232. The first-order valence-electron chi connectivity index (χ1n) is 6.81. The van der Waals surface area contributed by atoms with Crippen LogP contribution in [0.4, 0.5) is 5.69 Å². The largest absolute Gasteiger partial charge is 0.382 e. The van der Waals surface area contributed by atoms with E-state index in [1.807, 2.05) is 13.0 Å². The average molecular weight is 263 g/mol. The number of nitrogens with one attached hydrogen (secondary N) is 2. The zero-order chi connectivity index (χ0) is 13.7. The van der Waals surface area contributed by atoms with Crippen molar-refractivity contribution in [2.75, 3.05) is 18.5 Å². The van der Waals surface area contributed by atoms with Crippen LogP contribution in [-0.2, 0) is 4.74 Å². The summed E-state index contributed by atoms with van der Waals surface area (Å²) in [5, 5.41) is 6.20. The molecule has 1 amide bonds. The Morgan fingerprint density at radius 2 is 2.42 bits per heavy atom. The Kier molecular flexibility index (Phi) is 4.74. The highest BCUT2D eigenvalue weighted by Crippen LogP contribution is 2.18. The molecular formula is C14H21N3O2. The van der Waals surface area contributed by atoms with Gasteiger partial charge in [-0.25, -0.2) is 0 Å². The van der Waals surface area contributed by atoms with Gasteiger partial charge in [0.2, 0.25) is 0 Å². The Morgan fingerprint density at radius 3 is 3.16 bits per heavy atom. The standard InChI is InChI=1S/C14H21N3O2/c1-3-15-14(18)13-9-11(4-6-16-13)17-12-5-7-19-10(2)8-12/h4,6,9-10,12H,3,5,7-8H2,1-2H3,(H,15,18)(H,16,17). The fraction of sp³-hybridized carbons (Fsp3) is 0.571. The van der Waals surface area contributed by atoms with Gasteiger partial charge >= 0.3 is 0 Å². The molecule has 1 aromatic heterocycles. The van der Waals surface area contributed by atoms with Crippen LogP contribution >= 0.6 is 0 Å². The summed E-state index contributed by atoms with van der Waals surface area (Å²) in [5.74, 6) is -0.133. The van der Waals surface area contributed by atoms with Gasteiger partial charge in [-0.2, -0.15) is 0 Å². The molecule has 0 aliphatic carbocycles. The number of hydrogen-bond acceptors (Lipinski definition) is 4. The van der Waals surface area contributed by atoms with Crippen LogP contribution in [0.3, 0.4) is 0 Å². The number of anilines is 1. The summed E-state index contributed by atoms with van der Waals surface area (Å²) >= 11 is 0. The second kappa shape index (κ2) is 6.52. The lowest BCUT2D eigenvalue weighted by atomic mass is 10.0. The lowest BCUT2D eigenvalue weighted by Crippen LogP contribution is -2.32. The van der Waals surface area contributed by atoms with Crippen LogP contribution in [0.15, 0.2) is 18.3 Å². The number of rotatable bonds is 4. The molecule has 104 valence electrons. The first-order valence-corrected chi connectivity index (χ1v) is 6.81. The van der Waals surface area contributed by atoms with E-state index in [1.165, 1.54) is 0 Å². The van der Waals surface area contributed by atoms with Crippen LogP contribution in [0.2, 0.25) is 0 Å². The van der Waals surface area contributed by atoms with Gasteiger partial charge in [-0.15, -0.1) is 0 Å². The van der Waals surface area contributed by atoms with Crippen LogP contribution in [0, 0.1) is 0 Å². The lowest BCUT2D eigenvalue weighted by Gasteiger charge is -2.28. The first kappa shape index (κ1) is 13.8. The first-order chi connectivity index (χ1) is 9.19. The molecule has 1 aromatic rings. The van der Waals surface area contributed by atoms with E-state index in [1.54, 1.807) is 12.3 Å². The van der Waals surface area contributed by atoms with Gasteiger partial charge in [0.25, 0.3) is 5.91 Å². The van der Waals surface area contributed by atoms with Gasteiger partial charge in [-0.1, -0.05) is 0 Å². The van der Waals surface area contributed by atoms with Crippen molar-refractivity contribution in [2.24, 2.45) is 0 Å². The van der Waals surface area contributed by atoms with Crippen LogP contribution in [0.25, 0.3) is 0 Å². The van der Waals surface area contributed by atoms with Crippen molar-refractivity contribution >= 4 is 11.6 Å². The Balaban J connectivity index is 2.00. The number of carbonyl (C=O) groups is 1. The molecule has 5 nitrogen and oxygen atoms in total. The second-order valence-corrected chi connectivity index (χ2v) is 4.84. The molecule has 1 aliphatic rings. The van der Waals surface area contributed by atoms with Crippen LogP contribution < -0.4 is 10.6 Å². The van der Waals surface area contributed by atoms with E-state index in [-0.39, 0.29) is 12.0 Å². The summed E-state index contributed by atoms with van der Waals surface area (Å²) in [5.41, 5.74) is 1.39. The Morgan fingerprint density at radius 1 is 1.58 bits per heavy atom. The Hall–Kier alpha value is -1.62. The highest BCUT2D eigenvalue weighted by atomic mass is 16.5. The molecule has 1 fully saturated rings. The molecule has 0 saturated carbocycles. The zero-order valence-corrected chi connectivity index (χ0v) is 11.5. The topological polar surface area (TPSA) is 63.2 Å². The summed E-state index contributed by atoms with van der Waals surface area (Å²) in [6.45, 7) is 5.37. The van der Waals surface area contributed by atoms with Crippen LogP contribution in [-0.4, -0.2) is 36.2 Å². The summed E-state index contributed by atoms with van der Waals surface area (Å²) < 4.78 is 5.52. The molecule has 2 unspecified atom stereocenters. The number of hydrogen-bond donors (Lipinski definition) is 2. The molecule has 0 bridgehead atoms. The van der Waals surface area contributed by atoms with Crippen molar-refractivity contribution in [2.45, 2.75) is 38.8 Å². The summed E-state index contributed by atoms with van der Waals surface area (Å²) in [6, 6.07) is 4.08. The fourth-order valence-corrected chi connectivity index (χ4v) is 2.26. The number of carbonyl (C=O) groups excluding carboxylic acids is 1. The van der Waals surface area contributed by atoms with Crippen LogP contribution in [0.5, 0.6) is 0 Å². The maximum absolute atomic E-state index is 11.7. The number of ether oxygens (including phenoxy) is 1. The molecular weight excluding hydrogens is 242 g/mol. The van der Waals surface area contributed by atoms with E-state index < -0.39 is 0 Å². The molecule has 5 heteroatoms. The fourth-order valence-electron chi connectivity index (χ4n) is 2.26. The van der Waals surface area contributed by atoms with Gasteiger partial charge in [-0.05, 0) is 38.8 Å². The maximum atomic E-state index is 11.7. The number of amides is 1. The zero-order valence-electron chi connectivity index (χ0n) is 11.5. The smallest absolute Gasteiger partial charge is 0.269 e. The second-order valence-electron chi connectivity index (χ2n) is 4.84. The minimum Gasteiger partial charge on any atom is -0.382 e. The number of aromatic nitrogens is 1. The predicted octanol–water partition coefficient (Wildman–Crippen LogP) is 1.81. The predicted molar refractivity (Wildman–Crippen MR) is 74.3 cm³/mol. The minimum absolute atomic E-state index is 0.133. The van der Waals surface area contributed by atoms with Gasteiger partial charge in [0.1, 0.15) is 5.69 Å². The molecule has 2 rings (SSSR count). The van der Waals surface area contributed by atoms with E-state index in [0.29, 0.717) is 18.3 Å². The molecule has 0 radical (unpaired) electrons. The van der Waals surface area contributed by atoms with Crippen molar-refractivity contribution < 1.29 is 9.53 Å². The summed E-state index contributed by atoms with van der Waals surface area (Å²) in [6.07, 6.45) is 3.92. The van der Waals surface area contributed by atoms with E-state index in [2.05, 4.69) is 22.5 Å². The van der Waals surface area contributed by atoms with Gasteiger partial charge in [0.15, 0.2) is 0 Å². The molecule has 2 N–H and O–H groups in total. The maximum Gasteiger partial charge on any atom is 0.269 e. The van der Waals surface area contributed by atoms with Crippen molar-refractivity contribution in [1.29, 1.82) is 0 Å². The number of pyridine rings is 1. The van der Waals surface area contributed by atoms with E-state index >= 15 is 0 Å². The van der Waals surface area contributed by atoms with Gasteiger partial charge in [0.05, 0.1) is 6.10 Å². The molecule has 1 aliphatic heterocycles. The third kappa shape index (κ3) is 3.92. The SMILES string of the molecule is CCNC(=O)c1cc(NC2CCOC(C)C2)ccn1. The van der Waals surface area contributed by atoms with E-state index in [9.17, 15) is 4.79 Å². The van der Waals surface area contributed by atoms with Crippen molar-refractivity contribution in [3.05, 3.63) is 24.0 Å². The van der Waals surface area contributed by atoms with Crippen molar-refractivity contribution in [3.8, 4) is 0 Å². The molecule has 1 saturated heterocycles. The van der Waals surface area contributed by atoms with Crippen LogP contribution in [0.1, 0.15) is 37.2 Å². The van der Waals surface area contributed by atoms with Crippen molar-refractivity contribution in [3.63, 3.8) is 0 Å². The van der Waals surface area contributed by atoms with Gasteiger partial charge in [-0.3, -0.25) is 9.78 Å². The third-order valence-corrected chi connectivity index (χ3v) is 3.19. The Bertz CT molecular complexity index is 436. The minimum atomic E-state index is -0.133. The highest BCUT2D eigenvalue weighted by molar-refractivity contribution is 5.93. The molecule has 0 spiro atoms. The summed E-state index contributed by atoms with van der Waals surface area (Å²) in [7, 11) is 0. The highest BCUT2D eigenvalue weighted by Gasteiger charge is 2.19. The summed E-state index contributed by atoms with van der Waals surface area (Å²) in [4.78, 5) is 15.8. The quantitative estimate of drug-likeness (QED) is 0.869. The van der Waals surface area contributed by atoms with E-state index in [0.717, 1.165) is 25.1 Å². The Labute approximate surface area is 113 Å². The third-order valence-electron chi connectivity index (χ3n) is 3.19. The molecule has 2 heterocycles. The molecule has 0 aromatic carbocycles. The van der Waals surface area contributed by atoms with E-state index in [4.69, 9.17) is 4.74 Å². The van der Waals surface area contributed by atoms with Gasteiger partial charge in [0, 0.05) is 31.1 Å². The number of nitrogens with zero attached hydrogens (tertiary/aromatic N) is 1. The molecule has 19 heavy (non-hydrogen) atoms. The monoisotopic (exact) mass is 263 g/mol. The van der Waals surface area contributed by atoms with Gasteiger partial charge < -0.3 is 15.4 Å². The average Bonchev–Trinajstić information content (AvgIpc) is 2.39. The normalized spacial score (nSPS) is 22.8.